The van der Waals surface area contributed by atoms with Crippen molar-refractivity contribution in [1.82, 2.24) is 10.4 Å². The van der Waals surface area contributed by atoms with Crippen molar-refractivity contribution in [1.29, 1.82) is 0 Å². The van der Waals surface area contributed by atoms with Gasteiger partial charge in [-0.3, -0.25) is 9.78 Å². The summed E-state index contributed by atoms with van der Waals surface area (Å²) >= 11 is 0. The minimum absolute atomic E-state index is 0.103. The molecule has 0 aliphatic heterocycles. The first-order valence-corrected chi connectivity index (χ1v) is 9.49. The van der Waals surface area contributed by atoms with Crippen LogP contribution in [0.3, 0.4) is 0 Å². The molecule has 1 N–H and O–H groups in total. The lowest BCUT2D eigenvalue weighted by Gasteiger charge is -2.26. The fraction of sp³-hybridized carbons (Fsp3) is 0.208. The molecule has 3 aromatic rings. The van der Waals surface area contributed by atoms with E-state index in [-0.39, 0.29) is 17.9 Å². The Kier molecular flexibility index (Phi) is 6.39. The number of aromatic nitrogens is 1. The minimum Gasteiger partial charge on any atom is -0.484 e. The smallest absolute Gasteiger partial charge is 0.277 e. The van der Waals surface area contributed by atoms with E-state index in [4.69, 9.17) is 4.74 Å². The lowest BCUT2D eigenvalue weighted by Crippen LogP contribution is -2.25. The molecule has 29 heavy (non-hydrogen) atoms. The van der Waals surface area contributed by atoms with Gasteiger partial charge in [0.2, 0.25) is 0 Å². The number of benzene rings is 2. The summed E-state index contributed by atoms with van der Waals surface area (Å²) in [4.78, 5) is 16.0. The van der Waals surface area contributed by atoms with Crippen molar-refractivity contribution in [3.05, 3.63) is 95.8 Å². The van der Waals surface area contributed by atoms with Gasteiger partial charge in [0.1, 0.15) is 5.75 Å². The van der Waals surface area contributed by atoms with Crippen molar-refractivity contribution >= 4 is 11.6 Å². The normalized spacial score (nSPS) is 11.8. The van der Waals surface area contributed by atoms with Crippen molar-refractivity contribution in [3.63, 3.8) is 0 Å². The Morgan fingerprint density at radius 1 is 0.966 bits per heavy atom. The molecule has 0 unspecified atom stereocenters. The van der Waals surface area contributed by atoms with Crippen LogP contribution in [0.1, 0.15) is 37.5 Å². The number of amides is 1. The van der Waals surface area contributed by atoms with Crippen molar-refractivity contribution in [3.8, 4) is 5.75 Å². The molecule has 0 aliphatic carbocycles. The number of hydrogen-bond acceptors (Lipinski definition) is 4. The lowest BCUT2D eigenvalue weighted by molar-refractivity contribution is -0.123. The van der Waals surface area contributed by atoms with Crippen LogP contribution in [0, 0.1) is 0 Å². The molecule has 0 saturated heterocycles. The van der Waals surface area contributed by atoms with Crippen LogP contribution in [0.5, 0.6) is 5.75 Å². The number of pyridine rings is 1. The average Bonchev–Trinajstić information content (AvgIpc) is 2.77. The molecule has 2 aromatic carbocycles. The molecule has 0 atom stereocenters. The Morgan fingerprint density at radius 2 is 1.59 bits per heavy atom. The molecule has 0 spiro atoms. The maximum atomic E-state index is 12.0. The Morgan fingerprint density at radius 3 is 2.24 bits per heavy atom. The van der Waals surface area contributed by atoms with Crippen molar-refractivity contribution in [2.24, 2.45) is 5.10 Å². The highest BCUT2D eigenvalue weighted by atomic mass is 16.5. The molecule has 0 saturated carbocycles. The highest BCUT2D eigenvalue weighted by molar-refractivity contribution is 5.99. The van der Waals surface area contributed by atoms with E-state index in [1.54, 1.807) is 12.4 Å². The summed E-state index contributed by atoms with van der Waals surface area (Å²) in [7, 11) is 0. The second-order valence-electron chi connectivity index (χ2n) is 7.27. The van der Waals surface area contributed by atoms with Crippen molar-refractivity contribution in [2.75, 3.05) is 6.61 Å². The molecule has 0 bridgehead atoms. The number of hydrazone groups is 1. The number of carbonyl (C=O) groups excluding carboxylic acids is 1. The summed E-state index contributed by atoms with van der Waals surface area (Å²) in [6.45, 7) is 6.10. The van der Waals surface area contributed by atoms with Crippen LogP contribution in [0.2, 0.25) is 0 Å². The van der Waals surface area contributed by atoms with E-state index in [0.29, 0.717) is 11.5 Å². The first-order valence-electron chi connectivity index (χ1n) is 9.49. The van der Waals surface area contributed by atoms with Crippen LogP contribution in [0.25, 0.3) is 0 Å². The Hall–Kier alpha value is -3.47. The van der Waals surface area contributed by atoms with Crippen LogP contribution in [-0.4, -0.2) is 23.2 Å². The highest BCUT2D eigenvalue weighted by Gasteiger charge is 2.22. The molecule has 0 aliphatic rings. The predicted octanol–water partition coefficient (Wildman–Crippen LogP) is 4.33. The highest BCUT2D eigenvalue weighted by Crippen LogP contribution is 2.32. The van der Waals surface area contributed by atoms with E-state index < -0.39 is 0 Å². The lowest BCUT2D eigenvalue weighted by atomic mass is 9.78. The Bertz CT molecular complexity index is 966. The van der Waals surface area contributed by atoms with E-state index >= 15 is 0 Å². The number of hydrogen-bond donors (Lipinski definition) is 1. The summed E-state index contributed by atoms with van der Waals surface area (Å²) in [5.74, 6) is 0.328. The molecule has 5 nitrogen and oxygen atoms in total. The largest absolute Gasteiger partial charge is 0.484 e. The van der Waals surface area contributed by atoms with E-state index in [9.17, 15) is 4.79 Å². The van der Waals surface area contributed by atoms with Gasteiger partial charge >= 0.3 is 0 Å². The maximum absolute atomic E-state index is 12.0. The SMILES string of the molecule is C/C(=N/NC(=O)COc1ccc(C(C)(C)c2ccccc2)cc1)c1ccncc1. The van der Waals surface area contributed by atoms with Gasteiger partial charge in [0.05, 0.1) is 5.71 Å². The van der Waals surface area contributed by atoms with Gasteiger partial charge in [-0.25, -0.2) is 5.43 Å². The van der Waals surface area contributed by atoms with Crippen LogP contribution in [-0.2, 0) is 10.2 Å². The van der Waals surface area contributed by atoms with Gasteiger partial charge in [-0.2, -0.15) is 5.10 Å². The zero-order valence-electron chi connectivity index (χ0n) is 16.9. The third-order valence-electron chi connectivity index (χ3n) is 4.89. The average molecular weight is 387 g/mol. The third-order valence-corrected chi connectivity index (χ3v) is 4.89. The number of rotatable bonds is 7. The van der Waals surface area contributed by atoms with E-state index in [0.717, 1.165) is 5.56 Å². The fourth-order valence-electron chi connectivity index (χ4n) is 2.97. The van der Waals surface area contributed by atoms with Crippen molar-refractivity contribution in [2.45, 2.75) is 26.2 Å². The summed E-state index contributed by atoms with van der Waals surface area (Å²) in [6, 6.07) is 21.9. The monoisotopic (exact) mass is 387 g/mol. The van der Waals surface area contributed by atoms with Crippen LogP contribution in [0.4, 0.5) is 0 Å². The molecule has 148 valence electrons. The van der Waals surface area contributed by atoms with Gasteiger partial charge in [-0.15, -0.1) is 0 Å². The van der Waals surface area contributed by atoms with Gasteiger partial charge in [-0.1, -0.05) is 56.3 Å². The summed E-state index contributed by atoms with van der Waals surface area (Å²) < 4.78 is 5.59. The maximum Gasteiger partial charge on any atom is 0.277 e. The molecule has 1 amide bonds. The topological polar surface area (TPSA) is 63.6 Å². The number of nitrogens with one attached hydrogen (secondary N) is 1. The predicted molar refractivity (Wildman–Crippen MR) is 115 cm³/mol. The van der Waals surface area contributed by atoms with Gasteiger partial charge < -0.3 is 4.74 Å². The second-order valence-corrected chi connectivity index (χ2v) is 7.27. The van der Waals surface area contributed by atoms with Gasteiger partial charge in [0, 0.05) is 23.4 Å². The van der Waals surface area contributed by atoms with Crippen molar-refractivity contribution < 1.29 is 9.53 Å². The Labute approximate surface area is 171 Å². The minimum atomic E-state index is -0.313. The first-order chi connectivity index (χ1) is 14.0. The molecular formula is C24H25N3O2. The standard InChI is InChI=1S/C24H25N3O2/c1-18(19-13-15-25-16-14-19)26-27-23(28)17-29-22-11-9-21(10-12-22)24(2,3)20-7-5-4-6-8-20/h4-16H,17H2,1-3H3,(H,27,28)/b26-18-. The zero-order valence-corrected chi connectivity index (χ0v) is 16.9. The van der Waals surface area contributed by atoms with E-state index in [1.165, 1.54) is 11.1 Å². The van der Waals surface area contributed by atoms with E-state index in [1.807, 2.05) is 61.5 Å². The second kappa shape index (κ2) is 9.15. The quantitative estimate of drug-likeness (QED) is 0.485. The molecule has 0 radical (unpaired) electrons. The summed E-state index contributed by atoms with van der Waals surface area (Å²) in [5, 5.41) is 4.10. The van der Waals surface area contributed by atoms with Gasteiger partial charge in [0.25, 0.3) is 5.91 Å². The van der Waals surface area contributed by atoms with Gasteiger partial charge in [0.15, 0.2) is 6.61 Å². The number of nitrogens with zero attached hydrogens (tertiary/aromatic N) is 2. The van der Waals surface area contributed by atoms with Crippen LogP contribution in [0.15, 0.2) is 84.2 Å². The van der Waals surface area contributed by atoms with E-state index in [2.05, 4.69) is 41.5 Å². The Balaban J connectivity index is 1.56. The molecule has 1 aromatic heterocycles. The molecular weight excluding hydrogens is 362 g/mol. The van der Waals surface area contributed by atoms with Crippen LogP contribution < -0.4 is 10.2 Å². The number of carbonyl (C=O) groups is 1. The first kappa shape index (κ1) is 20.3. The summed E-state index contributed by atoms with van der Waals surface area (Å²) in [6.07, 6.45) is 3.37. The molecule has 3 rings (SSSR count). The molecule has 5 heteroatoms. The molecule has 1 heterocycles. The number of ether oxygens (including phenoxy) is 1. The molecule has 0 fully saturated rings. The third kappa shape index (κ3) is 5.29. The fourth-order valence-corrected chi connectivity index (χ4v) is 2.97. The summed E-state index contributed by atoms with van der Waals surface area (Å²) in [5.41, 5.74) is 6.42. The van der Waals surface area contributed by atoms with Crippen LogP contribution >= 0.6 is 0 Å². The van der Waals surface area contributed by atoms with Gasteiger partial charge in [-0.05, 0) is 42.3 Å². The zero-order chi connectivity index (χ0) is 20.7.